The minimum atomic E-state index is -0.221. The van der Waals surface area contributed by atoms with Crippen LogP contribution in [0.25, 0.3) is 0 Å². The minimum Gasteiger partial charge on any atom is -0.287 e. The van der Waals surface area contributed by atoms with Crippen LogP contribution in [0.3, 0.4) is 0 Å². The van der Waals surface area contributed by atoms with Crippen LogP contribution >= 0.6 is 23.2 Å². The number of halogens is 2. The molecule has 0 aliphatic carbocycles. The molecule has 3 heterocycles. The number of hydrogen-bond acceptors (Lipinski definition) is 8. The highest BCUT2D eigenvalue weighted by atomic mass is 35.5. The fourth-order valence-corrected chi connectivity index (χ4v) is 7.02. The second-order valence-electron chi connectivity index (χ2n) is 11.9. The monoisotopic (exact) mass is 678 g/mol. The summed E-state index contributed by atoms with van der Waals surface area (Å²) in [6, 6.07) is 36.3. The third-order valence-corrected chi connectivity index (χ3v) is 9.69. The van der Waals surface area contributed by atoms with Gasteiger partial charge in [-0.1, -0.05) is 120 Å². The molecule has 2 atom stereocenters. The first-order valence-electron chi connectivity index (χ1n) is 16.2. The van der Waals surface area contributed by atoms with Crippen LogP contribution in [0.15, 0.2) is 109 Å². The fourth-order valence-electron chi connectivity index (χ4n) is 6.54. The van der Waals surface area contributed by atoms with E-state index in [4.69, 9.17) is 23.2 Å². The number of benzene rings is 4. The SMILES string of the molecule is Clc1ccccc1C(c1nnnn1CCc1ccccc1)N1CCN(C(c2ccccc2Cl)c2nnnn2CCc2ccccc2)CC1. The van der Waals surface area contributed by atoms with E-state index in [1.54, 1.807) is 0 Å². The Balaban J connectivity index is 1.15. The summed E-state index contributed by atoms with van der Waals surface area (Å²) in [6.45, 7) is 4.30. The van der Waals surface area contributed by atoms with Gasteiger partial charge in [-0.15, -0.1) is 10.2 Å². The Hall–Kier alpha value is -4.48. The van der Waals surface area contributed by atoms with E-state index in [-0.39, 0.29) is 12.1 Å². The predicted molar refractivity (Wildman–Crippen MR) is 186 cm³/mol. The van der Waals surface area contributed by atoms with Gasteiger partial charge in [0.2, 0.25) is 0 Å². The van der Waals surface area contributed by atoms with Crippen molar-refractivity contribution in [3.63, 3.8) is 0 Å². The van der Waals surface area contributed by atoms with Crippen LogP contribution in [0, 0.1) is 0 Å². The number of aryl methyl sites for hydroxylation is 4. The molecule has 2 aromatic heterocycles. The van der Waals surface area contributed by atoms with Crippen molar-refractivity contribution >= 4 is 23.2 Å². The number of piperazine rings is 1. The number of aromatic nitrogens is 8. The number of nitrogens with zero attached hydrogens (tertiary/aromatic N) is 10. The van der Waals surface area contributed by atoms with Crippen molar-refractivity contribution in [1.82, 2.24) is 50.2 Å². The van der Waals surface area contributed by atoms with Crippen LogP contribution in [0.5, 0.6) is 0 Å². The molecule has 0 amide bonds. The van der Waals surface area contributed by atoms with E-state index in [0.29, 0.717) is 23.1 Å². The quantitative estimate of drug-likeness (QED) is 0.157. The fraction of sp³-hybridized carbons (Fsp3) is 0.278. The van der Waals surface area contributed by atoms with E-state index >= 15 is 0 Å². The Kier molecular flexibility index (Phi) is 10.1. The molecule has 1 aliphatic heterocycles. The molecule has 0 saturated carbocycles. The molecule has 1 saturated heterocycles. The summed E-state index contributed by atoms with van der Waals surface area (Å²) < 4.78 is 3.83. The van der Waals surface area contributed by atoms with E-state index in [1.807, 2.05) is 57.9 Å². The average molecular weight is 680 g/mol. The number of hydrogen-bond donors (Lipinski definition) is 0. The zero-order valence-electron chi connectivity index (χ0n) is 26.4. The zero-order chi connectivity index (χ0) is 32.7. The molecule has 0 radical (unpaired) electrons. The highest BCUT2D eigenvalue weighted by Gasteiger charge is 2.36. The van der Waals surface area contributed by atoms with Gasteiger partial charge in [0.25, 0.3) is 0 Å². The molecule has 6 aromatic rings. The molecule has 0 spiro atoms. The summed E-state index contributed by atoms with van der Waals surface area (Å²) in [4.78, 5) is 4.84. The highest BCUT2D eigenvalue weighted by molar-refractivity contribution is 6.31. The smallest absolute Gasteiger partial charge is 0.173 e. The predicted octanol–water partition coefficient (Wildman–Crippen LogP) is 5.95. The van der Waals surface area contributed by atoms with E-state index < -0.39 is 0 Å². The second kappa shape index (κ2) is 15.2. The van der Waals surface area contributed by atoms with E-state index in [1.165, 1.54) is 11.1 Å². The van der Waals surface area contributed by atoms with Gasteiger partial charge in [-0.25, -0.2) is 9.36 Å². The maximum atomic E-state index is 6.86. The zero-order valence-corrected chi connectivity index (χ0v) is 27.9. The first-order valence-corrected chi connectivity index (χ1v) is 17.0. The topological polar surface area (TPSA) is 93.7 Å². The molecule has 244 valence electrons. The molecule has 0 bridgehead atoms. The number of rotatable bonds is 12. The van der Waals surface area contributed by atoms with Crippen LogP contribution in [-0.2, 0) is 25.9 Å². The molecule has 0 N–H and O–H groups in total. The third-order valence-electron chi connectivity index (χ3n) is 9.00. The molecule has 12 heteroatoms. The van der Waals surface area contributed by atoms with E-state index in [2.05, 4.69) is 102 Å². The van der Waals surface area contributed by atoms with E-state index in [0.717, 1.165) is 61.8 Å². The van der Waals surface area contributed by atoms with Gasteiger partial charge in [0.1, 0.15) is 0 Å². The largest absolute Gasteiger partial charge is 0.287 e. The van der Waals surface area contributed by atoms with Crippen molar-refractivity contribution in [1.29, 1.82) is 0 Å². The lowest BCUT2D eigenvalue weighted by molar-refractivity contribution is 0.0823. The molecule has 4 aromatic carbocycles. The van der Waals surface area contributed by atoms with Gasteiger partial charge in [0.05, 0.1) is 12.1 Å². The Morgan fingerprint density at radius 3 is 1.27 bits per heavy atom. The number of tetrazole rings is 2. The van der Waals surface area contributed by atoms with Crippen LogP contribution in [-0.4, -0.2) is 76.4 Å². The van der Waals surface area contributed by atoms with Crippen LogP contribution in [0.1, 0.15) is 46.0 Å². The van der Waals surface area contributed by atoms with Crippen molar-refractivity contribution in [2.24, 2.45) is 0 Å². The first kappa shape index (κ1) is 32.1. The molecule has 1 fully saturated rings. The van der Waals surface area contributed by atoms with Gasteiger partial charge >= 0.3 is 0 Å². The molecular weight excluding hydrogens is 643 g/mol. The molecule has 48 heavy (non-hydrogen) atoms. The standard InChI is InChI=1S/C36H36Cl2N10/c37-31-17-9-7-15-29(31)33(35-39-41-43-47(35)21-19-27-11-3-1-4-12-27)45-23-25-46(26-24-45)34(30-16-8-10-18-32(30)38)36-40-42-44-48(36)22-20-28-13-5-2-6-14-28/h1-18,33-34H,19-26H2. The maximum Gasteiger partial charge on any atom is 0.173 e. The van der Waals surface area contributed by atoms with Gasteiger partial charge in [-0.3, -0.25) is 9.80 Å². The summed E-state index contributed by atoms with van der Waals surface area (Å²) in [6.07, 6.45) is 1.64. The Morgan fingerprint density at radius 1 is 0.500 bits per heavy atom. The van der Waals surface area contributed by atoms with Crippen molar-refractivity contribution in [3.8, 4) is 0 Å². The minimum absolute atomic E-state index is 0.221. The lowest BCUT2D eigenvalue weighted by atomic mass is 10.0. The van der Waals surface area contributed by atoms with Crippen molar-refractivity contribution in [2.45, 2.75) is 38.0 Å². The van der Waals surface area contributed by atoms with Crippen molar-refractivity contribution < 1.29 is 0 Å². The second-order valence-corrected chi connectivity index (χ2v) is 12.7. The lowest BCUT2D eigenvalue weighted by Gasteiger charge is -2.42. The van der Waals surface area contributed by atoms with Crippen LogP contribution in [0.4, 0.5) is 0 Å². The summed E-state index contributed by atoms with van der Waals surface area (Å²) in [5.74, 6) is 1.56. The average Bonchev–Trinajstić information content (AvgIpc) is 3.80. The molecule has 7 rings (SSSR count). The Morgan fingerprint density at radius 2 is 0.875 bits per heavy atom. The van der Waals surface area contributed by atoms with Gasteiger partial charge in [0, 0.05) is 49.3 Å². The van der Waals surface area contributed by atoms with Gasteiger partial charge in [-0.2, -0.15) is 0 Å². The van der Waals surface area contributed by atoms with Crippen molar-refractivity contribution in [3.05, 3.63) is 153 Å². The molecule has 2 unspecified atom stereocenters. The van der Waals surface area contributed by atoms with Crippen LogP contribution < -0.4 is 0 Å². The highest BCUT2D eigenvalue weighted by Crippen LogP contribution is 2.36. The van der Waals surface area contributed by atoms with Crippen molar-refractivity contribution in [2.75, 3.05) is 26.2 Å². The Labute approximate surface area is 289 Å². The van der Waals surface area contributed by atoms with E-state index in [9.17, 15) is 0 Å². The first-order chi connectivity index (χ1) is 23.7. The summed E-state index contributed by atoms with van der Waals surface area (Å²) in [5.41, 5.74) is 4.43. The van der Waals surface area contributed by atoms with Gasteiger partial charge < -0.3 is 0 Å². The molecule has 10 nitrogen and oxygen atoms in total. The summed E-state index contributed by atoms with van der Waals surface area (Å²) >= 11 is 13.7. The maximum absolute atomic E-state index is 6.86. The summed E-state index contributed by atoms with van der Waals surface area (Å²) in [7, 11) is 0. The Bertz CT molecular complexity index is 1770. The van der Waals surface area contributed by atoms with Gasteiger partial charge in [0.15, 0.2) is 11.6 Å². The molecular formula is C36H36Cl2N10. The normalized spacial score (nSPS) is 15.4. The van der Waals surface area contributed by atoms with Gasteiger partial charge in [-0.05, 0) is 68.1 Å². The van der Waals surface area contributed by atoms with Crippen LogP contribution in [0.2, 0.25) is 10.0 Å². The molecule has 1 aliphatic rings. The summed E-state index contributed by atoms with van der Waals surface area (Å²) in [5, 5.41) is 27.6. The lowest BCUT2D eigenvalue weighted by Crippen LogP contribution is -2.50. The third kappa shape index (κ3) is 7.17.